The van der Waals surface area contributed by atoms with E-state index in [4.69, 9.17) is 9.47 Å². The maximum Gasteiger partial charge on any atom is 0.325 e. The topological polar surface area (TPSA) is 77.8 Å². The van der Waals surface area contributed by atoms with E-state index in [0.717, 1.165) is 33.1 Å². The third-order valence-electron chi connectivity index (χ3n) is 4.90. The van der Waals surface area contributed by atoms with Crippen LogP contribution in [0.5, 0.6) is 5.75 Å². The number of para-hydroxylation sites is 1. The molecule has 0 spiro atoms. The first kappa shape index (κ1) is 21.6. The molecule has 0 N–H and O–H groups in total. The third kappa shape index (κ3) is 4.52. The van der Waals surface area contributed by atoms with Crippen molar-refractivity contribution in [1.29, 1.82) is 0 Å². The highest BCUT2D eigenvalue weighted by molar-refractivity contribution is 8.18. The lowest BCUT2D eigenvalue weighted by atomic mass is 10.1. The number of ether oxygens (including phenoxy) is 2. The van der Waals surface area contributed by atoms with Gasteiger partial charge in [-0.05, 0) is 48.2 Å². The minimum Gasteiger partial charge on any atom is -0.492 e. The lowest BCUT2D eigenvalue weighted by molar-refractivity contribution is -0.141. The minimum absolute atomic E-state index is 0.0348. The second-order valence-corrected chi connectivity index (χ2v) is 7.93. The quantitative estimate of drug-likeness (QED) is 0.396. The van der Waals surface area contributed by atoms with Crippen molar-refractivity contribution < 1.29 is 28.2 Å². The van der Waals surface area contributed by atoms with Gasteiger partial charge in [-0.2, -0.15) is 0 Å². The van der Waals surface area contributed by atoms with Crippen LogP contribution < -0.4 is 4.74 Å². The summed E-state index contributed by atoms with van der Waals surface area (Å²) >= 11 is 0.854. The van der Waals surface area contributed by atoms with Crippen molar-refractivity contribution in [3.8, 4) is 5.75 Å². The van der Waals surface area contributed by atoms with Gasteiger partial charge >= 0.3 is 5.97 Å². The number of halogens is 1. The first-order chi connectivity index (χ1) is 15.5. The summed E-state index contributed by atoms with van der Waals surface area (Å²) in [5.74, 6) is -0.722. The number of benzene rings is 2. The number of imide groups is 1. The molecule has 2 heterocycles. The smallest absolute Gasteiger partial charge is 0.325 e. The Labute approximate surface area is 187 Å². The Balaban J connectivity index is 1.50. The summed E-state index contributed by atoms with van der Waals surface area (Å²) in [5, 5.41) is 0.463. The van der Waals surface area contributed by atoms with Gasteiger partial charge in [-0.25, -0.2) is 4.39 Å². The molecule has 0 aliphatic carbocycles. The standard InChI is InChI=1S/C23H19FN2O5S/c1-30-21(27)14-25-13-15(18-4-2-3-5-19(18)25)12-20-22(28)26(23(29)32-20)10-11-31-17-8-6-16(24)7-9-17/h2-9,12-13H,10-11,14H2,1H3/b20-12-. The first-order valence-corrected chi connectivity index (χ1v) is 10.6. The minimum atomic E-state index is -0.410. The van der Waals surface area contributed by atoms with Crippen molar-refractivity contribution in [2.24, 2.45) is 0 Å². The number of amides is 2. The van der Waals surface area contributed by atoms with E-state index in [0.29, 0.717) is 5.75 Å². The fourth-order valence-electron chi connectivity index (χ4n) is 3.34. The zero-order valence-electron chi connectivity index (χ0n) is 17.1. The summed E-state index contributed by atoms with van der Waals surface area (Å²) in [4.78, 5) is 38.3. The van der Waals surface area contributed by atoms with Gasteiger partial charge in [0.2, 0.25) is 0 Å². The van der Waals surface area contributed by atoms with E-state index in [-0.39, 0.29) is 35.7 Å². The van der Waals surface area contributed by atoms with E-state index < -0.39 is 11.9 Å². The predicted octanol–water partition coefficient (Wildman–Crippen LogP) is 4.07. The number of hydrogen-bond acceptors (Lipinski definition) is 6. The van der Waals surface area contributed by atoms with Crippen LogP contribution in [-0.2, 0) is 20.9 Å². The van der Waals surface area contributed by atoms with E-state index in [2.05, 4.69) is 0 Å². The molecule has 0 bridgehead atoms. The van der Waals surface area contributed by atoms with Crippen molar-refractivity contribution in [2.75, 3.05) is 20.3 Å². The summed E-state index contributed by atoms with van der Waals surface area (Å²) in [6.07, 6.45) is 3.41. The Bertz CT molecular complexity index is 1220. The average molecular weight is 454 g/mol. The van der Waals surface area contributed by atoms with E-state index in [9.17, 15) is 18.8 Å². The molecule has 2 aromatic carbocycles. The van der Waals surface area contributed by atoms with E-state index in [1.807, 2.05) is 24.3 Å². The normalized spacial score (nSPS) is 15.1. The molecule has 1 aromatic heterocycles. The number of aromatic nitrogens is 1. The van der Waals surface area contributed by atoms with Crippen LogP contribution in [0.15, 0.2) is 59.6 Å². The van der Waals surface area contributed by atoms with Crippen molar-refractivity contribution in [2.45, 2.75) is 6.54 Å². The number of rotatable bonds is 7. The van der Waals surface area contributed by atoms with Crippen LogP contribution in [0.1, 0.15) is 5.56 Å². The molecule has 32 heavy (non-hydrogen) atoms. The van der Waals surface area contributed by atoms with Gasteiger partial charge in [0.25, 0.3) is 11.1 Å². The number of esters is 1. The van der Waals surface area contributed by atoms with Gasteiger partial charge in [0.15, 0.2) is 0 Å². The van der Waals surface area contributed by atoms with E-state index in [1.165, 1.54) is 31.4 Å². The van der Waals surface area contributed by atoms with Gasteiger partial charge in [0, 0.05) is 22.7 Å². The number of carbonyl (C=O) groups excluding carboxylic acids is 3. The number of hydrogen-bond donors (Lipinski definition) is 0. The fourth-order valence-corrected chi connectivity index (χ4v) is 4.20. The molecule has 4 rings (SSSR count). The van der Waals surface area contributed by atoms with Crippen LogP contribution in [0.4, 0.5) is 9.18 Å². The van der Waals surface area contributed by atoms with Crippen LogP contribution >= 0.6 is 11.8 Å². The van der Waals surface area contributed by atoms with Gasteiger partial charge in [-0.1, -0.05) is 18.2 Å². The summed E-state index contributed by atoms with van der Waals surface area (Å²) in [6.45, 7) is 0.200. The average Bonchev–Trinajstić information content (AvgIpc) is 3.27. The molecule has 164 valence electrons. The Kier molecular flexibility index (Phi) is 6.27. The Hall–Kier alpha value is -3.59. The second kappa shape index (κ2) is 9.27. The molecule has 0 unspecified atom stereocenters. The summed E-state index contributed by atoms with van der Waals surface area (Å²) in [7, 11) is 1.32. The lowest BCUT2D eigenvalue weighted by Gasteiger charge is -2.13. The molecular weight excluding hydrogens is 435 g/mol. The SMILES string of the molecule is COC(=O)Cn1cc(/C=C2\SC(=O)N(CCOc3ccc(F)cc3)C2=O)c2ccccc21. The fraction of sp³-hybridized carbons (Fsp3) is 0.174. The predicted molar refractivity (Wildman–Crippen MR) is 119 cm³/mol. The molecule has 0 radical (unpaired) electrons. The maximum atomic E-state index is 13.0. The highest BCUT2D eigenvalue weighted by atomic mass is 32.2. The molecule has 9 heteroatoms. The summed E-state index contributed by atoms with van der Waals surface area (Å²) in [6, 6.07) is 13.0. The van der Waals surface area contributed by atoms with Gasteiger partial charge in [-0.15, -0.1) is 0 Å². The van der Waals surface area contributed by atoms with Crippen LogP contribution in [-0.4, -0.2) is 46.8 Å². The monoisotopic (exact) mass is 454 g/mol. The number of thioether (sulfide) groups is 1. The van der Waals surface area contributed by atoms with Crippen LogP contribution in [0.2, 0.25) is 0 Å². The van der Waals surface area contributed by atoms with Crippen molar-refractivity contribution in [3.05, 3.63) is 71.0 Å². The zero-order chi connectivity index (χ0) is 22.7. The van der Waals surface area contributed by atoms with Crippen LogP contribution in [0.25, 0.3) is 17.0 Å². The Morgan fingerprint density at radius 3 is 2.62 bits per heavy atom. The number of carbonyl (C=O) groups is 3. The zero-order valence-corrected chi connectivity index (χ0v) is 17.9. The molecule has 2 amide bonds. The van der Waals surface area contributed by atoms with Gasteiger partial charge in [0.1, 0.15) is 24.7 Å². The summed E-state index contributed by atoms with van der Waals surface area (Å²) in [5.41, 5.74) is 1.54. The maximum absolute atomic E-state index is 13.0. The van der Waals surface area contributed by atoms with E-state index in [1.54, 1.807) is 16.8 Å². The molecule has 1 saturated heterocycles. The second-order valence-electron chi connectivity index (χ2n) is 6.94. The molecule has 1 fully saturated rings. The lowest BCUT2D eigenvalue weighted by Crippen LogP contribution is -2.32. The third-order valence-corrected chi connectivity index (χ3v) is 5.81. The molecule has 7 nitrogen and oxygen atoms in total. The van der Waals surface area contributed by atoms with Crippen molar-refractivity contribution >= 4 is 45.9 Å². The molecule has 1 aliphatic rings. The Morgan fingerprint density at radius 2 is 1.88 bits per heavy atom. The number of methoxy groups -OCH3 is 1. The Morgan fingerprint density at radius 1 is 1.12 bits per heavy atom. The molecule has 3 aromatic rings. The molecule has 1 aliphatic heterocycles. The van der Waals surface area contributed by atoms with Crippen molar-refractivity contribution in [3.63, 3.8) is 0 Å². The highest BCUT2D eigenvalue weighted by Gasteiger charge is 2.35. The van der Waals surface area contributed by atoms with Crippen LogP contribution in [0, 0.1) is 5.82 Å². The molecule has 0 saturated carbocycles. The highest BCUT2D eigenvalue weighted by Crippen LogP contribution is 2.34. The van der Waals surface area contributed by atoms with Gasteiger partial charge in [-0.3, -0.25) is 19.3 Å². The number of nitrogens with zero attached hydrogens (tertiary/aromatic N) is 2. The van der Waals surface area contributed by atoms with Crippen LogP contribution in [0.3, 0.4) is 0 Å². The molecule has 0 atom stereocenters. The largest absolute Gasteiger partial charge is 0.492 e. The summed E-state index contributed by atoms with van der Waals surface area (Å²) < 4.78 is 25.0. The van der Waals surface area contributed by atoms with E-state index >= 15 is 0 Å². The number of fused-ring (bicyclic) bond motifs is 1. The molecular formula is C23H19FN2O5S. The first-order valence-electron chi connectivity index (χ1n) is 9.74. The van der Waals surface area contributed by atoms with Gasteiger partial charge in [0.05, 0.1) is 18.6 Å². The van der Waals surface area contributed by atoms with Gasteiger partial charge < -0.3 is 14.0 Å². The van der Waals surface area contributed by atoms with Crippen molar-refractivity contribution in [1.82, 2.24) is 9.47 Å².